The van der Waals surface area contributed by atoms with Crippen LogP contribution in [-0.4, -0.2) is 17.9 Å². The van der Waals surface area contributed by atoms with Crippen LogP contribution in [0.1, 0.15) is 23.6 Å². The van der Waals surface area contributed by atoms with Gasteiger partial charge in [0, 0.05) is 16.7 Å². The van der Waals surface area contributed by atoms with Crippen molar-refractivity contribution < 1.29 is 19.4 Å². The van der Waals surface area contributed by atoms with Crippen molar-refractivity contribution in [3.63, 3.8) is 0 Å². The number of benzene rings is 3. The van der Waals surface area contributed by atoms with Crippen LogP contribution in [0.3, 0.4) is 0 Å². The summed E-state index contributed by atoms with van der Waals surface area (Å²) in [4.78, 5) is 12.5. The third-order valence-electron chi connectivity index (χ3n) is 5.11. The van der Waals surface area contributed by atoms with Gasteiger partial charge in [-0.2, -0.15) is 0 Å². The van der Waals surface area contributed by atoms with Gasteiger partial charge in [-0.25, -0.2) is 4.79 Å². The lowest BCUT2D eigenvalue weighted by Crippen LogP contribution is -2.29. The normalized spacial score (nSPS) is 14.1. The summed E-state index contributed by atoms with van der Waals surface area (Å²) in [5, 5.41) is 9.49. The molecule has 3 aromatic carbocycles. The SMILES string of the molecule is CC1(OC(=O)OCC(=CO)c2ccccc2)c2ccccc2-c2ccccc21. The van der Waals surface area contributed by atoms with E-state index in [1.807, 2.05) is 85.8 Å². The van der Waals surface area contributed by atoms with E-state index in [9.17, 15) is 9.90 Å². The molecule has 28 heavy (non-hydrogen) atoms. The van der Waals surface area contributed by atoms with E-state index in [0.717, 1.165) is 34.1 Å². The molecule has 4 nitrogen and oxygen atoms in total. The Morgan fingerprint density at radius 1 is 0.893 bits per heavy atom. The van der Waals surface area contributed by atoms with E-state index in [0.29, 0.717) is 5.57 Å². The van der Waals surface area contributed by atoms with Crippen LogP contribution >= 0.6 is 0 Å². The molecule has 0 unspecified atom stereocenters. The van der Waals surface area contributed by atoms with Crippen LogP contribution in [0.2, 0.25) is 0 Å². The molecule has 0 radical (unpaired) electrons. The van der Waals surface area contributed by atoms with Crippen molar-refractivity contribution in [3.05, 3.63) is 102 Å². The first kappa shape index (κ1) is 17.9. The fraction of sp³-hybridized carbons (Fsp3) is 0.125. The lowest BCUT2D eigenvalue weighted by molar-refractivity contribution is -0.000589. The average molecular weight is 372 g/mol. The molecule has 0 bridgehead atoms. The predicted octanol–water partition coefficient (Wildman–Crippen LogP) is 5.68. The molecule has 4 rings (SSSR count). The quantitative estimate of drug-likeness (QED) is 0.473. The molecule has 4 heteroatoms. The van der Waals surface area contributed by atoms with Gasteiger partial charge in [0.05, 0.1) is 6.26 Å². The maximum Gasteiger partial charge on any atom is 0.509 e. The number of rotatable bonds is 4. The minimum Gasteiger partial charge on any atom is -0.515 e. The van der Waals surface area contributed by atoms with E-state index < -0.39 is 11.8 Å². The van der Waals surface area contributed by atoms with Gasteiger partial charge >= 0.3 is 6.16 Å². The Labute approximate surface area is 163 Å². The Balaban J connectivity index is 1.55. The van der Waals surface area contributed by atoms with E-state index in [-0.39, 0.29) is 6.61 Å². The van der Waals surface area contributed by atoms with Crippen LogP contribution in [0, 0.1) is 0 Å². The summed E-state index contributed by atoms with van der Waals surface area (Å²) >= 11 is 0. The van der Waals surface area contributed by atoms with Crippen molar-refractivity contribution in [1.29, 1.82) is 0 Å². The Hall–Kier alpha value is -3.53. The molecule has 0 heterocycles. The Morgan fingerprint density at radius 2 is 1.43 bits per heavy atom. The fourth-order valence-corrected chi connectivity index (χ4v) is 3.70. The van der Waals surface area contributed by atoms with E-state index in [1.54, 1.807) is 0 Å². The van der Waals surface area contributed by atoms with Gasteiger partial charge in [0.25, 0.3) is 0 Å². The van der Waals surface area contributed by atoms with Crippen LogP contribution < -0.4 is 0 Å². The number of carbonyl (C=O) groups excluding carboxylic acids is 1. The highest BCUT2D eigenvalue weighted by molar-refractivity contribution is 5.81. The first-order valence-corrected chi connectivity index (χ1v) is 9.07. The fourth-order valence-electron chi connectivity index (χ4n) is 3.70. The Kier molecular flexibility index (Phi) is 4.62. The standard InChI is InChI=1S/C24H20O4/c1-24(21-13-7-5-11-19(21)20-12-6-8-14-22(20)24)28-23(26)27-16-18(15-25)17-9-3-2-4-10-17/h2-15,25H,16H2,1H3. The highest BCUT2D eigenvalue weighted by Crippen LogP contribution is 2.49. The van der Waals surface area contributed by atoms with Gasteiger partial charge in [-0.15, -0.1) is 0 Å². The second-order valence-electron chi connectivity index (χ2n) is 6.79. The summed E-state index contributed by atoms with van der Waals surface area (Å²) in [6.45, 7) is 1.79. The molecule has 1 aliphatic rings. The molecule has 1 aliphatic carbocycles. The topological polar surface area (TPSA) is 55.8 Å². The zero-order valence-corrected chi connectivity index (χ0v) is 15.5. The lowest BCUT2D eigenvalue weighted by atomic mass is 9.93. The van der Waals surface area contributed by atoms with Crippen LogP contribution in [0.15, 0.2) is 85.1 Å². The van der Waals surface area contributed by atoms with Gasteiger partial charge in [0.1, 0.15) is 6.61 Å². The molecule has 0 saturated heterocycles. The third kappa shape index (κ3) is 3.03. The van der Waals surface area contributed by atoms with Gasteiger partial charge in [-0.3, -0.25) is 0 Å². The third-order valence-corrected chi connectivity index (χ3v) is 5.11. The molecule has 0 fully saturated rings. The maximum atomic E-state index is 12.5. The summed E-state index contributed by atoms with van der Waals surface area (Å²) in [7, 11) is 0. The van der Waals surface area contributed by atoms with Crippen molar-refractivity contribution >= 4 is 11.7 Å². The Morgan fingerprint density at radius 3 is 2.00 bits per heavy atom. The second kappa shape index (κ2) is 7.24. The number of ether oxygens (including phenoxy) is 2. The van der Waals surface area contributed by atoms with E-state index in [1.165, 1.54) is 0 Å². The maximum absolute atomic E-state index is 12.5. The molecular formula is C24H20O4. The zero-order chi connectivity index (χ0) is 19.6. The number of aliphatic hydroxyl groups excluding tert-OH is 1. The van der Waals surface area contributed by atoms with Crippen molar-refractivity contribution in [1.82, 2.24) is 0 Å². The smallest absolute Gasteiger partial charge is 0.509 e. The molecule has 140 valence electrons. The van der Waals surface area contributed by atoms with E-state index >= 15 is 0 Å². The number of fused-ring (bicyclic) bond motifs is 3. The predicted molar refractivity (Wildman–Crippen MR) is 108 cm³/mol. The molecule has 0 spiro atoms. The molecule has 0 saturated carbocycles. The highest BCUT2D eigenvalue weighted by Gasteiger charge is 2.42. The molecular weight excluding hydrogens is 352 g/mol. The van der Waals surface area contributed by atoms with Gasteiger partial charge in [-0.05, 0) is 23.6 Å². The van der Waals surface area contributed by atoms with Gasteiger partial charge in [0.2, 0.25) is 0 Å². The molecule has 0 atom stereocenters. The monoisotopic (exact) mass is 372 g/mol. The van der Waals surface area contributed by atoms with Crippen LogP contribution in [0.25, 0.3) is 16.7 Å². The molecule has 3 aromatic rings. The minimum absolute atomic E-state index is 0.0846. The first-order valence-electron chi connectivity index (χ1n) is 9.07. The average Bonchev–Trinajstić information content (AvgIpc) is 2.98. The zero-order valence-electron chi connectivity index (χ0n) is 15.5. The van der Waals surface area contributed by atoms with Crippen molar-refractivity contribution in [3.8, 4) is 11.1 Å². The molecule has 0 aromatic heterocycles. The van der Waals surface area contributed by atoms with Crippen LogP contribution in [-0.2, 0) is 15.1 Å². The Bertz CT molecular complexity index is 992. The minimum atomic E-state index is -0.930. The largest absolute Gasteiger partial charge is 0.515 e. The molecule has 1 N–H and O–H groups in total. The molecule has 0 amide bonds. The first-order chi connectivity index (χ1) is 13.6. The van der Waals surface area contributed by atoms with Gasteiger partial charge in [0.15, 0.2) is 5.60 Å². The lowest BCUT2D eigenvalue weighted by Gasteiger charge is -2.27. The number of hydrogen-bond acceptors (Lipinski definition) is 4. The summed E-state index contributed by atoms with van der Waals surface area (Å²) in [6, 6.07) is 25.0. The van der Waals surface area contributed by atoms with Gasteiger partial charge in [-0.1, -0.05) is 78.9 Å². The van der Waals surface area contributed by atoms with Crippen molar-refractivity contribution in [2.24, 2.45) is 0 Å². The second-order valence-corrected chi connectivity index (χ2v) is 6.79. The summed E-state index contributed by atoms with van der Waals surface area (Å²) < 4.78 is 11.1. The summed E-state index contributed by atoms with van der Waals surface area (Å²) in [6.07, 6.45) is 0.161. The number of carbonyl (C=O) groups is 1. The molecule has 0 aliphatic heterocycles. The number of hydrogen-bond donors (Lipinski definition) is 1. The number of aliphatic hydroxyl groups is 1. The van der Waals surface area contributed by atoms with Crippen LogP contribution in [0.4, 0.5) is 4.79 Å². The van der Waals surface area contributed by atoms with Crippen LogP contribution in [0.5, 0.6) is 0 Å². The van der Waals surface area contributed by atoms with E-state index in [2.05, 4.69) is 0 Å². The summed E-state index contributed by atoms with van der Waals surface area (Å²) in [5.41, 5.74) is 4.29. The highest BCUT2D eigenvalue weighted by atomic mass is 16.7. The van der Waals surface area contributed by atoms with Gasteiger partial charge < -0.3 is 14.6 Å². The van der Waals surface area contributed by atoms with Crippen molar-refractivity contribution in [2.75, 3.05) is 6.61 Å². The summed E-state index contributed by atoms with van der Waals surface area (Å²) in [5.74, 6) is 0. The van der Waals surface area contributed by atoms with Crippen molar-refractivity contribution in [2.45, 2.75) is 12.5 Å². The van der Waals surface area contributed by atoms with E-state index in [4.69, 9.17) is 9.47 Å².